The van der Waals surface area contributed by atoms with Gasteiger partial charge in [-0.15, -0.1) is 5.10 Å². The van der Waals surface area contributed by atoms with Crippen molar-refractivity contribution >= 4 is 0 Å². The van der Waals surface area contributed by atoms with Crippen LogP contribution in [0.15, 0.2) is 0 Å². The first-order valence-corrected chi connectivity index (χ1v) is 7.01. The van der Waals surface area contributed by atoms with Gasteiger partial charge in [-0.25, -0.2) is 4.68 Å². The van der Waals surface area contributed by atoms with Crippen LogP contribution in [-0.2, 0) is 17.8 Å². The second kappa shape index (κ2) is 5.75. The zero-order valence-electron chi connectivity index (χ0n) is 10.8. The van der Waals surface area contributed by atoms with Crippen molar-refractivity contribution in [2.24, 2.45) is 0 Å². The zero-order valence-corrected chi connectivity index (χ0v) is 10.8. The van der Waals surface area contributed by atoms with Crippen LogP contribution in [-0.4, -0.2) is 50.9 Å². The van der Waals surface area contributed by atoms with Crippen LogP contribution in [0.4, 0.5) is 0 Å². The number of piperidine rings is 1. The maximum Gasteiger partial charge on any atom is 0.165 e. The van der Waals surface area contributed by atoms with Gasteiger partial charge in [-0.1, -0.05) is 6.42 Å². The summed E-state index contributed by atoms with van der Waals surface area (Å²) in [5.41, 5.74) is 0. The summed E-state index contributed by atoms with van der Waals surface area (Å²) in [5.74, 6) is 0.979. The Hall–Kier alpha value is -1.01. The standard InChI is InChI=1S/C12H21N5O/c1-2-6-16(7-3-1)10-12-13-14-15-17(12)9-11-5-4-8-18-11/h11H,1-10H2/t11-/m1/s1. The summed E-state index contributed by atoms with van der Waals surface area (Å²) >= 11 is 0. The van der Waals surface area contributed by atoms with Crippen molar-refractivity contribution in [3.05, 3.63) is 5.82 Å². The van der Waals surface area contributed by atoms with E-state index in [-0.39, 0.29) is 0 Å². The van der Waals surface area contributed by atoms with Gasteiger partial charge in [0, 0.05) is 6.61 Å². The first-order chi connectivity index (χ1) is 8.92. The summed E-state index contributed by atoms with van der Waals surface area (Å²) in [7, 11) is 0. The molecule has 2 aliphatic rings. The molecule has 2 fully saturated rings. The molecular formula is C12H21N5O. The third kappa shape index (κ3) is 2.87. The van der Waals surface area contributed by atoms with Gasteiger partial charge in [0.05, 0.1) is 19.2 Å². The number of aromatic nitrogens is 4. The largest absolute Gasteiger partial charge is 0.376 e. The molecule has 1 atom stereocenters. The normalized spacial score (nSPS) is 25.7. The van der Waals surface area contributed by atoms with Crippen molar-refractivity contribution in [1.29, 1.82) is 0 Å². The minimum atomic E-state index is 0.300. The lowest BCUT2D eigenvalue weighted by molar-refractivity contribution is 0.0914. The SMILES string of the molecule is C1CCN(Cc2nnnn2C[C@H]2CCCO2)CC1. The Balaban J connectivity index is 1.59. The molecule has 0 unspecified atom stereocenters. The molecular weight excluding hydrogens is 230 g/mol. The molecule has 2 aliphatic heterocycles. The van der Waals surface area contributed by atoms with Crippen LogP contribution >= 0.6 is 0 Å². The van der Waals surface area contributed by atoms with E-state index in [1.54, 1.807) is 0 Å². The fourth-order valence-electron chi connectivity index (χ4n) is 2.78. The van der Waals surface area contributed by atoms with E-state index in [0.717, 1.165) is 38.4 Å². The second-order valence-corrected chi connectivity index (χ2v) is 5.25. The van der Waals surface area contributed by atoms with Crippen LogP contribution in [0.1, 0.15) is 37.9 Å². The molecule has 0 aliphatic carbocycles. The van der Waals surface area contributed by atoms with Gasteiger partial charge < -0.3 is 4.74 Å². The maximum absolute atomic E-state index is 5.64. The van der Waals surface area contributed by atoms with Gasteiger partial charge in [-0.3, -0.25) is 4.90 Å². The third-order valence-electron chi connectivity index (χ3n) is 3.82. The lowest BCUT2D eigenvalue weighted by Gasteiger charge is -2.25. The van der Waals surface area contributed by atoms with E-state index >= 15 is 0 Å². The van der Waals surface area contributed by atoms with Gasteiger partial charge in [0.2, 0.25) is 0 Å². The van der Waals surface area contributed by atoms with Gasteiger partial charge in [0.15, 0.2) is 5.82 Å². The smallest absolute Gasteiger partial charge is 0.165 e. The number of hydrogen-bond acceptors (Lipinski definition) is 5. The molecule has 3 heterocycles. The van der Waals surface area contributed by atoms with E-state index in [0.29, 0.717) is 6.10 Å². The Kier molecular flexibility index (Phi) is 3.85. The molecule has 0 saturated carbocycles. The van der Waals surface area contributed by atoms with E-state index in [9.17, 15) is 0 Å². The quantitative estimate of drug-likeness (QED) is 0.793. The van der Waals surface area contributed by atoms with Crippen molar-refractivity contribution in [3.63, 3.8) is 0 Å². The fraction of sp³-hybridized carbons (Fsp3) is 0.917. The lowest BCUT2D eigenvalue weighted by atomic mass is 10.1. The van der Waals surface area contributed by atoms with Crippen LogP contribution in [0.3, 0.4) is 0 Å². The van der Waals surface area contributed by atoms with Gasteiger partial charge in [0.1, 0.15) is 0 Å². The zero-order chi connectivity index (χ0) is 12.2. The number of hydrogen-bond donors (Lipinski definition) is 0. The molecule has 6 heteroatoms. The average molecular weight is 251 g/mol. The second-order valence-electron chi connectivity index (χ2n) is 5.25. The van der Waals surface area contributed by atoms with Crippen molar-refractivity contribution in [2.45, 2.75) is 51.3 Å². The summed E-state index contributed by atoms with van der Waals surface area (Å²) in [6.45, 7) is 4.91. The Morgan fingerprint density at radius 3 is 2.83 bits per heavy atom. The van der Waals surface area contributed by atoms with E-state index in [4.69, 9.17) is 4.74 Å². The summed E-state index contributed by atoms with van der Waals surface area (Å²) < 4.78 is 7.56. The molecule has 18 heavy (non-hydrogen) atoms. The summed E-state index contributed by atoms with van der Waals surface area (Å²) in [4.78, 5) is 2.45. The van der Waals surface area contributed by atoms with E-state index < -0.39 is 0 Å². The molecule has 2 saturated heterocycles. The maximum atomic E-state index is 5.64. The summed E-state index contributed by atoms with van der Waals surface area (Å²) in [6.07, 6.45) is 6.54. The summed E-state index contributed by atoms with van der Waals surface area (Å²) in [5, 5.41) is 12.1. The molecule has 3 rings (SSSR count). The molecule has 0 radical (unpaired) electrons. The highest BCUT2D eigenvalue weighted by Gasteiger charge is 2.20. The molecule has 0 bridgehead atoms. The molecule has 0 amide bonds. The number of nitrogens with zero attached hydrogens (tertiary/aromatic N) is 5. The Labute approximate surface area is 107 Å². The van der Waals surface area contributed by atoms with Gasteiger partial charge in [-0.05, 0) is 49.2 Å². The van der Waals surface area contributed by atoms with Gasteiger partial charge in [-0.2, -0.15) is 0 Å². The van der Waals surface area contributed by atoms with E-state index in [1.165, 1.54) is 32.4 Å². The van der Waals surface area contributed by atoms with Crippen molar-refractivity contribution in [2.75, 3.05) is 19.7 Å². The number of likely N-dealkylation sites (tertiary alicyclic amines) is 1. The van der Waals surface area contributed by atoms with Crippen molar-refractivity contribution in [3.8, 4) is 0 Å². The van der Waals surface area contributed by atoms with Crippen LogP contribution in [0.5, 0.6) is 0 Å². The Morgan fingerprint density at radius 1 is 1.17 bits per heavy atom. The predicted molar refractivity (Wildman–Crippen MR) is 65.9 cm³/mol. The van der Waals surface area contributed by atoms with Crippen LogP contribution in [0, 0.1) is 0 Å². The molecule has 0 aromatic carbocycles. The molecule has 1 aromatic heterocycles. The Morgan fingerprint density at radius 2 is 2.06 bits per heavy atom. The van der Waals surface area contributed by atoms with Crippen molar-refractivity contribution in [1.82, 2.24) is 25.1 Å². The highest BCUT2D eigenvalue weighted by molar-refractivity contribution is 4.83. The molecule has 0 spiro atoms. The predicted octanol–water partition coefficient (Wildman–Crippen LogP) is 0.838. The molecule has 1 aromatic rings. The Bertz CT molecular complexity index is 368. The topological polar surface area (TPSA) is 56.1 Å². The first-order valence-electron chi connectivity index (χ1n) is 7.01. The lowest BCUT2D eigenvalue weighted by Crippen LogP contribution is -2.31. The van der Waals surface area contributed by atoms with Gasteiger partial charge >= 0.3 is 0 Å². The third-order valence-corrected chi connectivity index (χ3v) is 3.82. The van der Waals surface area contributed by atoms with E-state index in [1.807, 2.05) is 4.68 Å². The summed E-state index contributed by atoms with van der Waals surface area (Å²) in [6, 6.07) is 0. The number of tetrazole rings is 1. The number of rotatable bonds is 4. The van der Waals surface area contributed by atoms with Crippen LogP contribution in [0.2, 0.25) is 0 Å². The molecule has 6 nitrogen and oxygen atoms in total. The van der Waals surface area contributed by atoms with Crippen LogP contribution in [0.25, 0.3) is 0 Å². The fourth-order valence-corrected chi connectivity index (χ4v) is 2.78. The van der Waals surface area contributed by atoms with Crippen LogP contribution < -0.4 is 0 Å². The minimum Gasteiger partial charge on any atom is -0.376 e. The highest BCUT2D eigenvalue weighted by atomic mass is 16.5. The minimum absolute atomic E-state index is 0.300. The van der Waals surface area contributed by atoms with Crippen molar-refractivity contribution < 1.29 is 4.74 Å². The first kappa shape index (κ1) is 12.0. The highest BCUT2D eigenvalue weighted by Crippen LogP contribution is 2.15. The van der Waals surface area contributed by atoms with Gasteiger partial charge in [0.25, 0.3) is 0 Å². The molecule has 0 N–H and O–H groups in total. The monoisotopic (exact) mass is 251 g/mol. The number of ether oxygens (including phenoxy) is 1. The van der Waals surface area contributed by atoms with E-state index in [2.05, 4.69) is 20.4 Å². The molecule has 100 valence electrons. The average Bonchev–Trinajstić information content (AvgIpc) is 3.04.